The van der Waals surface area contributed by atoms with Crippen molar-refractivity contribution in [2.75, 3.05) is 26.2 Å². The van der Waals surface area contributed by atoms with Crippen molar-refractivity contribution in [1.82, 2.24) is 20.0 Å². The van der Waals surface area contributed by atoms with Crippen LogP contribution in [0.4, 0.5) is 4.79 Å². The van der Waals surface area contributed by atoms with Crippen molar-refractivity contribution in [2.45, 2.75) is 75.5 Å². The largest absolute Gasteiger partial charge is 0.338 e. The van der Waals surface area contributed by atoms with E-state index in [2.05, 4.69) is 15.1 Å². The summed E-state index contributed by atoms with van der Waals surface area (Å²) in [5, 5.41) is 5.21. The molecule has 3 saturated heterocycles. The lowest BCUT2D eigenvalue weighted by molar-refractivity contribution is 0.0474. The van der Waals surface area contributed by atoms with Crippen LogP contribution >= 0.6 is 11.3 Å². The smallest absolute Gasteiger partial charge is 0.318 e. The van der Waals surface area contributed by atoms with Gasteiger partial charge in [-0.1, -0.05) is 18.9 Å². The summed E-state index contributed by atoms with van der Waals surface area (Å²) in [4.78, 5) is 32.9. The Hall–Kier alpha value is -1.60. The zero-order valence-corrected chi connectivity index (χ0v) is 17.9. The maximum Gasteiger partial charge on any atom is 0.318 e. The molecule has 29 heavy (non-hydrogen) atoms. The fourth-order valence-corrected chi connectivity index (χ4v) is 6.64. The zero-order valence-electron chi connectivity index (χ0n) is 17.1. The van der Waals surface area contributed by atoms with Crippen LogP contribution in [0.1, 0.15) is 61.0 Å². The molecular formula is C22H32N4O2S. The van der Waals surface area contributed by atoms with Crippen molar-refractivity contribution in [3.63, 3.8) is 0 Å². The van der Waals surface area contributed by atoms with Crippen LogP contribution in [0.3, 0.4) is 0 Å². The van der Waals surface area contributed by atoms with Crippen LogP contribution in [0, 0.1) is 0 Å². The molecule has 0 bridgehead atoms. The molecule has 3 aliphatic heterocycles. The van der Waals surface area contributed by atoms with E-state index in [1.54, 1.807) is 0 Å². The molecule has 0 spiro atoms. The lowest BCUT2D eigenvalue weighted by Gasteiger charge is -2.44. The van der Waals surface area contributed by atoms with Gasteiger partial charge in [0.2, 0.25) is 0 Å². The molecule has 7 heteroatoms. The van der Waals surface area contributed by atoms with Crippen LogP contribution in [0.2, 0.25) is 0 Å². The number of fused-ring (bicyclic) bond motifs is 1. The van der Waals surface area contributed by atoms with Gasteiger partial charge in [0.15, 0.2) is 0 Å². The molecule has 4 fully saturated rings. The summed E-state index contributed by atoms with van der Waals surface area (Å²) >= 11 is 1.53. The molecule has 5 rings (SSSR count). The second kappa shape index (κ2) is 8.26. The second-order valence-electron chi connectivity index (χ2n) is 9.08. The Labute approximate surface area is 177 Å². The average Bonchev–Trinajstić information content (AvgIpc) is 3.41. The number of hydrogen-bond acceptors (Lipinski definition) is 4. The van der Waals surface area contributed by atoms with E-state index in [0.717, 1.165) is 63.2 Å². The Morgan fingerprint density at radius 3 is 2.41 bits per heavy atom. The molecule has 1 N–H and O–H groups in total. The van der Waals surface area contributed by atoms with Crippen molar-refractivity contribution < 1.29 is 9.59 Å². The first-order valence-corrected chi connectivity index (χ1v) is 12.2. The van der Waals surface area contributed by atoms with Crippen LogP contribution in [-0.4, -0.2) is 77.0 Å². The van der Waals surface area contributed by atoms with Gasteiger partial charge in [0, 0.05) is 38.3 Å². The highest BCUT2D eigenvalue weighted by Crippen LogP contribution is 2.33. The molecule has 0 radical (unpaired) electrons. The quantitative estimate of drug-likeness (QED) is 0.824. The molecule has 158 valence electrons. The maximum absolute atomic E-state index is 12.6. The molecule has 3 amide bonds. The fraction of sp³-hybridized carbons (Fsp3) is 0.727. The number of nitrogens with one attached hydrogen (secondary N) is 1. The molecule has 1 aliphatic carbocycles. The fourth-order valence-electron chi connectivity index (χ4n) is 5.95. The number of amides is 3. The minimum atomic E-state index is 0.181. The molecule has 2 atom stereocenters. The monoisotopic (exact) mass is 416 g/mol. The van der Waals surface area contributed by atoms with Gasteiger partial charge in [-0.3, -0.25) is 4.79 Å². The van der Waals surface area contributed by atoms with Crippen LogP contribution in [0.25, 0.3) is 0 Å². The van der Waals surface area contributed by atoms with Crippen molar-refractivity contribution in [3.8, 4) is 0 Å². The number of urea groups is 1. The Morgan fingerprint density at radius 2 is 1.69 bits per heavy atom. The normalized spacial score (nSPS) is 29.7. The third-order valence-electron chi connectivity index (χ3n) is 7.52. The third-order valence-corrected chi connectivity index (χ3v) is 8.38. The number of carbonyl (C=O) groups excluding carboxylic acids is 2. The van der Waals surface area contributed by atoms with Crippen LogP contribution in [0.5, 0.6) is 0 Å². The first kappa shape index (κ1) is 19.4. The van der Waals surface area contributed by atoms with Gasteiger partial charge in [-0.2, -0.15) is 0 Å². The number of nitrogens with zero attached hydrogens (tertiary/aromatic N) is 3. The number of piperidine rings is 2. The van der Waals surface area contributed by atoms with Crippen LogP contribution in [0.15, 0.2) is 17.5 Å². The minimum Gasteiger partial charge on any atom is -0.338 e. The van der Waals surface area contributed by atoms with Crippen molar-refractivity contribution in [1.29, 1.82) is 0 Å². The third kappa shape index (κ3) is 3.79. The van der Waals surface area contributed by atoms with Gasteiger partial charge in [0.05, 0.1) is 17.0 Å². The first-order chi connectivity index (χ1) is 14.2. The van der Waals surface area contributed by atoms with E-state index >= 15 is 0 Å². The maximum atomic E-state index is 12.6. The summed E-state index contributed by atoms with van der Waals surface area (Å²) in [5.41, 5.74) is 0. The van der Waals surface area contributed by atoms with E-state index in [9.17, 15) is 9.59 Å². The number of hydrogen-bond donors (Lipinski definition) is 1. The van der Waals surface area contributed by atoms with E-state index in [1.165, 1.54) is 30.6 Å². The van der Waals surface area contributed by atoms with Gasteiger partial charge < -0.3 is 20.0 Å². The average molecular weight is 417 g/mol. The van der Waals surface area contributed by atoms with Crippen molar-refractivity contribution in [3.05, 3.63) is 22.4 Å². The Balaban J connectivity index is 1.12. The van der Waals surface area contributed by atoms with Gasteiger partial charge in [-0.15, -0.1) is 11.3 Å². The summed E-state index contributed by atoms with van der Waals surface area (Å²) < 4.78 is 0. The molecule has 4 aliphatic rings. The summed E-state index contributed by atoms with van der Waals surface area (Å²) in [6.45, 7) is 3.88. The SMILES string of the molecule is O=C(c1cccs1)N1CCC(N2CCC(N3C(=O)N[C@@H]4CCCCC43)CC2)CC1. The highest BCUT2D eigenvalue weighted by molar-refractivity contribution is 7.12. The molecule has 4 heterocycles. The zero-order chi connectivity index (χ0) is 19.8. The first-order valence-electron chi connectivity index (χ1n) is 11.4. The van der Waals surface area contributed by atoms with Crippen LogP contribution in [-0.2, 0) is 0 Å². The molecule has 1 aromatic rings. The van der Waals surface area contributed by atoms with Gasteiger partial charge >= 0.3 is 6.03 Å². The van der Waals surface area contributed by atoms with Gasteiger partial charge in [-0.25, -0.2) is 4.79 Å². The molecule has 1 saturated carbocycles. The molecular weight excluding hydrogens is 384 g/mol. The molecule has 0 aromatic carbocycles. The van der Waals surface area contributed by atoms with E-state index in [0.29, 0.717) is 24.2 Å². The number of carbonyl (C=O) groups is 2. The summed E-state index contributed by atoms with van der Waals surface area (Å²) in [6, 6.07) is 5.86. The highest BCUT2D eigenvalue weighted by Gasteiger charge is 2.44. The lowest BCUT2D eigenvalue weighted by Crippen LogP contribution is -2.53. The highest BCUT2D eigenvalue weighted by atomic mass is 32.1. The predicted octanol–water partition coefficient (Wildman–Crippen LogP) is 3.15. The van der Waals surface area contributed by atoms with Crippen molar-refractivity contribution >= 4 is 23.3 Å². The van der Waals surface area contributed by atoms with E-state index in [1.807, 2.05) is 22.4 Å². The molecule has 1 unspecified atom stereocenters. The van der Waals surface area contributed by atoms with E-state index in [-0.39, 0.29) is 11.9 Å². The number of rotatable bonds is 3. The Bertz CT molecular complexity index is 723. The summed E-state index contributed by atoms with van der Waals surface area (Å²) in [6.07, 6.45) is 9.13. The molecule has 1 aromatic heterocycles. The minimum absolute atomic E-state index is 0.181. The topological polar surface area (TPSA) is 55.9 Å². The second-order valence-corrected chi connectivity index (χ2v) is 10.0. The van der Waals surface area contributed by atoms with Gasteiger partial charge in [-0.05, 0) is 50.0 Å². The Morgan fingerprint density at radius 1 is 0.966 bits per heavy atom. The van der Waals surface area contributed by atoms with Crippen LogP contribution < -0.4 is 5.32 Å². The standard InChI is InChI=1S/C22H32N4O2S/c27-21(20-6-3-15-29-20)25-13-7-16(8-14-25)24-11-9-17(10-12-24)26-19-5-2-1-4-18(19)23-22(26)28/h3,6,15-19H,1-2,4-5,7-14H2,(H,23,28)/t18-,19?/m1/s1. The number of likely N-dealkylation sites (tertiary alicyclic amines) is 2. The van der Waals surface area contributed by atoms with E-state index < -0.39 is 0 Å². The van der Waals surface area contributed by atoms with Crippen molar-refractivity contribution in [2.24, 2.45) is 0 Å². The predicted molar refractivity (Wildman–Crippen MR) is 114 cm³/mol. The van der Waals surface area contributed by atoms with Gasteiger partial charge in [0.1, 0.15) is 0 Å². The number of thiophene rings is 1. The lowest BCUT2D eigenvalue weighted by atomic mass is 9.89. The van der Waals surface area contributed by atoms with E-state index in [4.69, 9.17) is 0 Å². The Kier molecular flexibility index (Phi) is 5.52. The molecule has 6 nitrogen and oxygen atoms in total. The summed E-state index contributed by atoms with van der Waals surface area (Å²) in [7, 11) is 0. The summed E-state index contributed by atoms with van der Waals surface area (Å²) in [5.74, 6) is 0.194. The van der Waals surface area contributed by atoms with Gasteiger partial charge in [0.25, 0.3) is 5.91 Å².